The van der Waals surface area contributed by atoms with Crippen LogP contribution < -0.4 is 0 Å². The fraction of sp³-hybridized carbons (Fsp3) is 0. The van der Waals surface area contributed by atoms with Crippen LogP contribution in [0.1, 0.15) is 0 Å². The van der Waals surface area contributed by atoms with Crippen LogP contribution in [0.25, 0.3) is 123 Å². The van der Waals surface area contributed by atoms with E-state index >= 15 is 0 Å². The Bertz CT molecular complexity index is 3950. The zero-order chi connectivity index (χ0) is 45.0. The number of nitrogens with zero attached hydrogens (tertiary/aromatic N) is 5. The number of para-hydroxylation sites is 3. The van der Waals surface area contributed by atoms with E-state index in [-0.39, 0.29) is 0 Å². The Morgan fingerprint density at radius 1 is 0.250 bits per heavy atom. The predicted octanol–water partition coefficient (Wildman–Crippen LogP) is 16.1. The van der Waals surface area contributed by atoms with Crippen LogP contribution in [0, 0.1) is 0 Å². The number of aromatic nitrogens is 5. The van der Waals surface area contributed by atoms with Gasteiger partial charge in [0.05, 0.1) is 27.8 Å². The Morgan fingerprint density at radius 3 is 1.41 bits per heavy atom. The average molecular weight is 868 g/mol. The minimum absolute atomic E-state index is 0.593. The summed E-state index contributed by atoms with van der Waals surface area (Å²) in [4.78, 5) is 16.1. The van der Waals surface area contributed by atoms with Gasteiger partial charge in [-0.3, -0.25) is 0 Å². The van der Waals surface area contributed by atoms with Gasteiger partial charge in [0.2, 0.25) is 0 Å². The van der Waals surface area contributed by atoms with E-state index in [0.29, 0.717) is 17.5 Å². The summed E-state index contributed by atoms with van der Waals surface area (Å²) in [7, 11) is 0. The van der Waals surface area contributed by atoms with Crippen molar-refractivity contribution in [2.75, 3.05) is 0 Å². The molecule has 0 saturated carbocycles. The number of fused-ring (bicyclic) bond motifs is 6. The fourth-order valence-corrected chi connectivity index (χ4v) is 10.0. The second-order valence-corrected chi connectivity index (χ2v) is 17.2. The number of benzene rings is 10. The standard InChI is InChI=1S/C63H41N5/c1-5-19-42(20-6-1)45-35-37-57-53(40-45)60-50(31-18-34-59(60)67(57)49-27-11-4-12-28-49)47-25-17-26-48(39-47)62-64-61(44-23-9-3-10-24-44)65-63(66-62)54-41-46(43-21-7-2-8-22-43)36-38-58(54)68-55-32-15-13-29-51(55)52-30-14-16-33-56(52)68/h1-41H. The molecule has 0 aliphatic rings. The van der Waals surface area contributed by atoms with Gasteiger partial charge in [-0.1, -0.05) is 188 Å². The lowest BCUT2D eigenvalue weighted by molar-refractivity contribution is 1.06. The summed E-state index contributed by atoms with van der Waals surface area (Å²) in [5, 5.41) is 4.77. The Labute approximate surface area is 393 Å². The van der Waals surface area contributed by atoms with E-state index in [1.54, 1.807) is 0 Å². The van der Waals surface area contributed by atoms with Gasteiger partial charge in [0, 0.05) is 43.9 Å². The first-order valence-electron chi connectivity index (χ1n) is 23.0. The molecule has 0 atom stereocenters. The van der Waals surface area contributed by atoms with Crippen LogP contribution in [-0.4, -0.2) is 24.1 Å². The first-order chi connectivity index (χ1) is 33.7. The summed E-state index contributed by atoms with van der Waals surface area (Å²) in [6, 6.07) is 88.2. The molecule has 0 bridgehead atoms. The van der Waals surface area contributed by atoms with Gasteiger partial charge in [0.15, 0.2) is 17.5 Å². The normalized spacial score (nSPS) is 11.5. The molecule has 0 N–H and O–H groups in total. The van der Waals surface area contributed by atoms with Gasteiger partial charge < -0.3 is 9.13 Å². The van der Waals surface area contributed by atoms with Gasteiger partial charge in [-0.2, -0.15) is 0 Å². The summed E-state index contributed by atoms with van der Waals surface area (Å²) in [5.74, 6) is 1.80. The monoisotopic (exact) mass is 867 g/mol. The van der Waals surface area contributed by atoms with Gasteiger partial charge in [0.25, 0.3) is 0 Å². The van der Waals surface area contributed by atoms with E-state index < -0.39 is 0 Å². The maximum Gasteiger partial charge on any atom is 0.166 e. The molecule has 0 spiro atoms. The first-order valence-corrected chi connectivity index (χ1v) is 23.0. The van der Waals surface area contributed by atoms with Gasteiger partial charge in [-0.25, -0.2) is 15.0 Å². The number of rotatable bonds is 8. The van der Waals surface area contributed by atoms with E-state index in [1.165, 1.54) is 32.7 Å². The number of hydrogen-bond donors (Lipinski definition) is 0. The van der Waals surface area contributed by atoms with Gasteiger partial charge in [0.1, 0.15) is 0 Å². The fourth-order valence-electron chi connectivity index (χ4n) is 10.0. The highest BCUT2D eigenvalue weighted by Gasteiger charge is 2.22. The molecule has 0 fully saturated rings. The molecular weight excluding hydrogens is 827 g/mol. The van der Waals surface area contributed by atoms with E-state index in [4.69, 9.17) is 15.0 Å². The highest BCUT2D eigenvalue weighted by molar-refractivity contribution is 6.17. The molecule has 5 heteroatoms. The lowest BCUT2D eigenvalue weighted by Crippen LogP contribution is -2.04. The second-order valence-electron chi connectivity index (χ2n) is 17.2. The Balaban J connectivity index is 1.04. The first kappa shape index (κ1) is 39.2. The third-order valence-corrected chi connectivity index (χ3v) is 13.2. The minimum atomic E-state index is 0.593. The van der Waals surface area contributed by atoms with Gasteiger partial charge in [-0.05, 0) is 94.0 Å². The summed E-state index contributed by atoms with van der Waals surface area (Å²) in [6.45, 7) is 0. The van der Waals surface area contributed by atoms with Crippen molar-refractivity contribution in [2.24, 2.45) is 0 Å². The SMILES string of the molecule is c1ccc(-c2ccc(-n3c4ccccc4c4ccccc43)c(-c3nc(-c4ccccc4)nc(-c4cccc(-c5cccc6c5c5cc(-c7ccccc7)ccc5n6-c5ccccc5)c4)n3)c2)cc1. The molecule has 68 heavy (non-hydrogen) atoms. The van der Waals surface area contributed by atoms with Gasteiger partial charge >= 0.3 is 0 Å². The van der Waals surface area contributed by atoms with Crippen molar-refractivity contribution in [2.45, 2.75) is 0 Å². The zero-order valence-corrected chi connectivity index (χ0v) is 36.9. The molecule has 0 saturated heterocycles. The molecule has 318 valence electrons. The predicted molar refractivity (Wildman–Crippen MR) is 281 cm³/mol. The quantitative estimate of drug-likeness (QED) is 0.153. The molecular formula is C63H41N5. The summed E-state index contributed by atoms with van der Waals surface area (Å²) in [6.07, 6.45) is 0. The van der Waals surface area contributed by atoms with Crippen LogP contribution in [-0.2, 0) is 0 Å². The molecule has 0 aliphatic carbocycles. The van der Waals surface area contributed by atoms with E-state index in [0.717, 1.165) is 72.4 Å². The molecule has 0 aliphatic heterocycles. The van der Waals surface area contributed by atoms with Crippen LogP contribution >= 0.6 is 0 Å². The van der Waals surface area contributed by atoms with E-state index in [9.17, 15) is 0 Å². The molecule has 13 rings (SSSR count). The van der Waals surface area contributed by atoms with Crippen molar-refractivity contribution < 1.29 is 0 Å². The summed E-state index contributed by atoms with van der Waals surface area (Å²) in [5.41, 5.74) is 16.1. The van der Waals surface area contributed by atoms with Crippen LogP contribution in [0.2, 0.25) is 0 Å². The largest absolute Gasteiger partial charge is 0.309 e. The molecule has 5 nitrogen and oxygen atoms in total. The Morgan fingerprint density at radius 2 is 0.735 bits per heavy atom. The van der Waals surface area contributed by atoms with Crippen molar-refractivity contribution >= 4 is 43.6 Å². The molecule has 0 radical (unpaired) electrons. The highest BCUT2D eigenvalue weighted by atomic mass is 15.1. The summed E-state index contributed by atoms with van der Waals surface area (Å²) >= 11 is 0. The molecule has 13 aromatic rings. The third-order valence-electron chi connectivity index (χ3n) is 13.2. The molecule has 3 aromatic heterocycles. The lowest BCUT2D eigenvalue weighted by atomic mass is 9.96. The Hall–Kier alpha value is -9.19. The second kappa shape index (κ2) is 16.4. The van der Waals surface area contributed by atoms with Crippen molar-refractivity contribution in [3.63, 3.8) is 0 Å². The van der Waals surface area contributed by atoms with E-state index in [1.807, 2.05) is 18.2 Å². The molecule has 0 unspecified atom stereocenters. The van der Waals surface area contributed by atoms with Crippen LogP contribution in [0.3, 0.4) is 0 Å². The minimum Gasteiger partial charge on any atom is -0.309 e. The third kappa shape index (κ3) is 6.68. The van der Waals surface area contributed by atoms with Gasteiger partial charge in [-0.15, -0.1) is 0 Å². The van der Waals surface area contributed by atoms with Crippen LogP contribution in [0.5, 0.6) is 0 Å². The topological polar surface area (TPSA) is 48.5 Å². The maximum absolute atomic E-state index is 5.46. The smallest absolute Gasteiger partial charge is 0.166 e. The lowest BCUT2D eigenvalue weighted by Gasteiger charge is -2.16. The summed E-state index contributed by atoms with van der Waals surface area (Å²) < 4.78 is 4.74. The van der Waals surface area contributed by atoms with Crippen molar-refractivity contribution in [1.29, 1.82) is 0 Å². The molecule has 3 heterocycles. The van der Waals surface area contributed by atoms with Crippen LogP contribution in [0.15, 0.2) is 249 Å². The van der Waals surface area contributed by atoms with Crippen LogP contribution in [0.4, 0.5) is 0 Å². The Kier molecular flexibility index (Phi) is 9.43. The van der Waals surface area contributed by atoms with Crippen molar-refractivity contribution in [3.05, 3.63) is 249 Å². The average Bonchev–Trinajstić information content (AvgIpc) is 3.94. The molecule has 0 amide bonds. The maximum atomic E-state index is 5.46. The van der Waals surface area contributed by atoms with Crippen molar-refractivity contribution in [3.8, 4) is 78.9 Å². The van der Waals surface area contributed by atoms with Crippen molar-refractivity contribution in [1.82, 2.24) is 24.1 Å². The van der Waals surface area contributed by atoms with E-state index in [2.05, 4.69) is 240 Å². The zero-order valence-electron chi connectivity index (χ0n) is 36.9. The number of hydrogen-bond acceptors (Lipinski definition) is 3. The molecule has 10 aromatic carbocycles. The highest BCUT2D eigenvalue weighted by Crippen LogP contribution is 2.42.